The summed E-state index contributed by atoms with van der Waals surface area (Å²) in [6, 6.07) is 15.7. The van der Waals surface area contributed by atoms with Gasteiger partial charge in [0.15, 0.2) is 6.10 Å². The summed E-state index contributed by atoms with van der Waals surface area (Å²) in [6.45, 7) is 1.52. The minimum atomic E-state index is -1.48. The fraction of sp³-hybridized carbons (Fsp3) is 0.200. The summed E-state index contributed by atoms with van der Waals surface area (Å²) < 4.78 is 35.5. The van der Waals surface area contributed by atoms with Crippen molar-refractivity contribution in [3.05, 3.63) is 94.6 Å². The van der Waals surface area contributed by atoms with Crippen LogP contribution in [0.1, 0.15) is 35.3 Å². The number of rotatable bonds is 9. The molecule has 0 aliphatic carbocycles. The molecular weight excluding hydrogens is 464 g/mol. The van der Waals surface area contributed by atoms with Gasteiger partial charge >= 0.3 is 0 Å². The molecular formula is C25H26ClF2N3O3. The summed E-state index contributed by atoms with van der Waals surface area (Å²) in [5.74, 6) is -2.60. The second kappa shape index (κ2) is 12.2. The Hall–Kier alpha value is -3.33. The highest BCUT2D eigenvalue weighted by Crippen LogP contribution is 2.31. The number of nitrogen functional groups attached to an aromatic ring is 1. The summed E-state index contributed by atoms with van der Waals surface area (Å²) in [6.07, 6.45) is -1.48. The number of aliphatic hydroxyl groups is 1. The Morgan fingerprint density at radius 2 is 1.74 bits per heavy atom. The molecule has 0 spiro atoms. The molecule has 0 bridgehead atoms. The number of amides is 1. The number of nitrogens with one attached hydrogen (secondary N) is 2. The van der Waals surface area contributed by atoms with Crippen molar-refractivity contribution in [2.45, 2.75) is 26.2 Å². The molecule has 0 fully saturated rings. The van der Waals surface area contributed by atoms with E-state index in [1.54, 1.807) is 55.5 Å². The average molecular weight is 490 g/mol. The molecule has 6 nitrogen and oxygen atoms in total. The maximum absolute atomic E-state index is 15.1. The van der Waals surface area contributed by atoms with Gasteiger partial charge in [-0.05, 0) is 41.3 Å². The molecule has 0 aliphatic heterocycles. The van der Waals surface area contributed by atoms with Gasteiger partial charge in [0, 0.05) is 18.7 Å². The maximum atomic E-state index is 15.1. The maximum Gasteiger partial charge on any atom is 0.254 e. The van der Waals surface area contributed by atoms with E-state index in [1.807, 2.05) is 0 Å². The van der Waals surface area contributed by atoms with Gasteiger partial charge in [-0.2, -0.15) is 0 Å². The van der Waals surface area contributed by atoms with Crippen molar-refractivity contribution in [2.75, 3.05) is 6.61 Å². The highest BCUT2D eigenvalue weighted by atomic mass is 35.5. The van der Waals surface area contributed by atoms with Crippen molar-refractivity contribution in [2.24, 2.45) is 5.73 Å². The van der Waals surface area contributed by atoms with Crippen molar-refractivity contribution in [3.8, 4) is 11.1 Å². The largest absolute Gasteiger partial charge is 0.392 e. The van der Waals surface area contributed by atoms with E-state index in [9.17, 15) is 9.90 Å². The van der Waals surface area contributed by atoms with E-state index < -0.39 is 29.2 Å². The van der Waals surface area contributed by atoms with Crippen LogP contribution in [0.4, 0.5) is 8.78 Å². The fourth-order valence-electron chi connectivity index (χ4n) is 3.47. The Morgan fingerprint density at radius 3 is 2.29 bits per heavy atom. The Morgan fingerprint density at radius 1 is 1.12 bits per heavy atom. The molecule has 0 heterocycles. The number of carbonyl (C=O) groups excluding carboxylic acids is 1. The van der Waals surface area contributed by atoms with Gasteiger partial charge in [0.25, 0.3) is 5.91 Å². The number of ether oxygens (including phenoxy) is 1. The van der Waals surface area contributed by atoms with Crippen molar-refractivity contribution in [3.63, 3.8) is 0 Å². The van der Waals surface area contributed by atoms with Crippen LogP contribution in [0.2, 0.25) is 0 Å². The fourth-order valence-corrected chi connectivity index (χ4v) is 3.47. The first-order valence-corrected chi connectivity index (χ1v) is 10.4. The normalized spacial score (nSPS) is 11.4. The molecule has 0 saturated heterocycles. The molecule has 0 radical (unpaired) electrons. The highest BCUT2D eigenvalue weighted by molar-refractivity contribution is 5.94. The lowest BCUT2D eigenvalue weighted by atomic mass is 9.96. The molecule has 1 amide bonds. The minimum absolute atomic E-state index is 0. The zero-order valence-electron chi connectivity index (χ0n) is 18.5. The zero-order chi connectivity index (χ0) is 24.0. The predicted octanol–water partition coefficient (Wildman–Crippen LogP) is 4.22. The Kier molecular flexibility index (Phi) is 9.68. The summed E-state index contributed by atoms with van der Waals surface area (Å²) in [5, 5.41) is 19.6. The number of nitrogens with two attached hydrogens (primary N) is 1. The van der Waals surface area contributed by atoms with Gasteiger partial charge in [0.05, 0.1) is 12.2 Å². The van der Waals surface area contributed by atoms with Gasteiger partial charge in [-0.25, -0.2) is 8.78 Å². The van der Waals surface area contributed by atoms with Crippen LogP contribution in [0.25, 0.3) is 11.1 Å². The van der Waals surface area contributed by atoms with Crippen LogP contribution in [-0.2, 0) is 22.7 Å². The standard InChI is InChI=1S/C25H25F2N3O3.ClH/c1-2-33-23(25(32)30-13-15-7-9-16(10-8-15)24(28)29)22-20(26)11-18(12-21(22)27)19-6-4-3-5-17(19)14-31;/h3-12,23,31H,2,13-14H2,1H3,(H3,28,29)(H,30,32);1H/t23-;/m0./s1. The summed E-state index contributed by atoms with van der Waals surface area (Å²) in [7, 11) is 0. The number of halogens is 3. The molecule has 180 valence electrons. The monoisotopic (exact) mass is 489 g/mol. The van der Waals surface area contributed by atoms with Gasteiger partial charge in [-0.3, -0.25) is 10.2 Å². The number of hydrogen-bond acceptors (Lipinski definition) is 4. The van der Waals surface area contributed by atoms with E-state index in [0.717, 1.165) is 17.7 Å². The van der Waals surface area contributed by atoms with Gasteiger partial charge in [-0.1, -0.05) is 48.5 Å². The van der Waals surface area contributed by atoms with Crippen molar-refractivity contribution >= 4 is 24.1 Å². The second-order valence-corrected chi connectivity index (χ2v) is 7.33. The second-order valence-electron chi connectivity index (χ2n) is 7.33. The zero-order valence-corrected chi connectivity index (χ0v) is 19.3. The number of hydrogen-bond donors (Lipinski definition) is 4. The van der Waals surface area contributed by atoms with E-state index in [1.165, 1.54) is 0 Å². The first-order valence-electron chi connectivity index (χ1n) is 10.4. The summed E-state index contributed by atoms with van der Waals surface area (Å²) in [4.78, 5) is 12.8. The predicted molar refractivity (Wildman–Crippen MR) is 129 cm³/mol. The minimum Gasteiger partial charge on any atom is -0.392 e. The number of carbonyl (C=O) groups is 1. The molecule has 3 aromatic carbocycles. The lowest BCUT2D eigenvalue weighted by molar-refractivity contribution is -0.133. The van der Waals surface area contributed by atoms with Crippen LogP contribution in [0.5, 0.6) is 0 Å². The lowest BCUT2D eigenvalue weighted by Crippen LogP contribution is -2.31. The average Bonchev–Trinajstić information content (AvgIpc) is 2.81. The van der Waals surface area contributed by atoms with E-state index in [4.69, 9.17) is 15.9 Å². The van der Waals surface area contributed by atoms with Crippen LogP contribution >= 0.6 is 12.4 Å². The summed E-state index contributed by atoms with van der Waals surface area (Å²) >= 11 is 0. The SMILES string of the molecule is CCO[C@H](C(=O)NCc1ccc(C(=N)N)cc1)c1c(F)cc(-c2ccccc2CO)cc1F.Cl. The quantitative estimate of drug-likeness (QED) is 0.266. The van der Waals surface area contributed by atoms with Gasteiger partial charge in [0.1, 0.15) is 17.5 Å². The molecule has 34 heavy (non-hydrogen) atoms. The first-order chi connectivity index (χ1) is 15.8. The van der Waals surface area contributed by atoms with Gasteiger partial charge in [0.2, 0.25) is 0 Å². The summed E-state index contributed by atoms with van der Waals surface area (Å²) in [5.41, 5.74) is 7.49. The Bertz CT molecular complexity index is 1130. The Labute approximate surface area is 202 Å². The smallest absolute Gasteiger partial charge is 0.254 e. The van der Waals surface area contributed by atoms with Crippen molar-refractivity contribution in [1.82, 2.24) is 5.32 Å². The van der Waals surface area contributed by atoms with Crippen LogP contribution in [0.3, 0.4) is 0 Å². The van der Waals surface area contributed by atoms with Crippen LogP contribution in [0.15, 0.2) is 60.7 Å². The topological polar surface area (TPSA) is 108 Å². The van der Waals surface area contributed by atoms with Crippen molar-refractivity contribution in [1.29, 1.82) is 5.41 Å². The third kappa shape index (κ3) is 6.17. The third-order valence-electron chi connectivity index (χ3n) is 5.14. The lowest BCUT2D eigenvalue weighted by Gasteiger charge is -2.19. The van der Waals surface area contributed by atoms with E-state index in [-0.39, 0.29) is 43.6 Å². The molecule has 5 N–H and O–H groups in total. The van der Waals surface area contributed by atoms with Gasteiger partial charge in [-0.15, -0.1) is 12.4 Å². The third-order valence-corrected chi connectivity index (χ3v) is 5.14. The number of aliphatic hydroxyl groups excluding tert-OH is 1. The molecule has 9 heteroatoms. The van der Waals surface area contributed by atoms with Crippen molar-refractivity contribution < 1.29 is 23.4 Å². The number of benzene rings is 3. The molecule has 3 rings (SSSR count). The first kappa shape index (κ1) is 26.9. The van der Waals surface area contributed by atoms with E-state index >= 15 is 8.78 Å². The van der Waals surface area contributed by atoms with Crippen LogP contribution in [-0.4, -0.2) is 23.5 Å². The number of amidine groups is 1. The van der Waals surface area contributed by atoms with Crippen LogP contribution < -0.4 is 11.1 Å². The molecule has 0 aromatic heterocycles. The molecule has 3 aromatic rings. The Balaban J connectivity index is 0.00000408. The van der Waals surface area contributed by atoms with Gasteiger partial charge < -0.3 is 20.9 Å². The van der Waals surface area contributed by atoms with E-state index in [2.05, 4.69) is 5.32 Å². The highest BCUT2D eigenvalue weighted by Gasteiger charge is 2.28. The molecule has 0 unspecified atom stereocenters. The van der Waals surface area contributed by atoms with E-state index in [0.29, 0.717) is 16.7 Å². The van der Waals surface area contributed by atoms with Crippen LogP contribution in [0, 0.1) is 17.0 Å². The molecule has 0 aliphatic rings. The molecule has 0 saturated carbocycles. The molecule has 1 atom stereocenters.